The number of halogens is 3. The van der Waals surface area contributed by atoms with E-state index in [9.17, 15) is 13.2 Å². The number of aliphatic imine (C=N–C) groups is 1. The molecule has 0 radical (unpaired) electrons. The van der Waals surface area contributed by atoms with Gasteiger partial charge in [-0.1, -0.05) is 81.6 Å². The number of aliphatic hydroxyl groups excluding tert-OH is 1. The van der Waals surface area contributed by atoms with Crippen LogP contribution < -0.4 is 10.1 Å². The standard InChI is InChI=1S/C34H31BrCl2N2O6S/c35-29-10-5-4-9-28(29)31-34(17-20-46(42,43)27-7-2-1-3-8-27,33(41)38-22-24-11-14-25(36)21-30(24)37)39-32(45-31)23-12-15-26(16-13-23)44-19-6-18-40/h1-5,7-16,21,31,40H,6,17-20,22H2,(H,38,41)/t31-,34-/m1/s1. The van der Waals surface area contributed by atoms with E-state index in [1.54, 1.807) is 60.7 Å². The van der Waals surface area contributed by atoms with Crippen molar-refractivity contribution in [3.05, 3.63) is 128 Å². The maximum absolute atomic E-state index is 14.4. The molecule has 1 heterocycles. The summed E-state index contributed by atoms with van der Waals surface area (Å²) in [7, 11) is -3.80. The minimum absolute atomic E-state index is 0.0214. The zero-order chi connectivity index (χ0) is 32.7. The topological polar surface area (TPSA) is 114 Å². The molecule has 0 aliphatic carbocycles. The predicted molar refractivity (Wildman–Crippen MR) is 182 cm³/mol. The second-order valence-electron chi connectivity index (χ2n) is 10.6. The van der Waals surface area contributed by atoms with E-state index >= 15 is 0 Å². The summed E-state index contributed by atoms with van der Waals surface area (Å²) in [5.41, 5.74) is 0.148. The van der Waals surface area contributed by atoms with Crippen LogP contribution >= 0.6 is 39.1 Å². The van der Waals surface area contributed by atoms with Crippen molar-refractivity contribution < 1.29 is 27.8 Å². The maximum atomic E-state index is 14.4. The average Bonchev–Trinajstić information content (AvgIpc) is 3.45. The summed E-state index contributed by atoms with van der Waals surface area (Å²) in [6, 6.07) is 27.4. The SMILES string of the molecule is O=C(NCc1ccc(Cl)cc1Cl)[C@]1(CCS(=O)(=O)c2ccccc2)N=C(c2ccc(OCCCO)cc2)O[C@@H]1c1ccccc1Br. The molecule has 0 saturated heterocycles. The highest BCUT2D eigenvalue weighted by Gasteiger charge is 2.54. The summed E-state index contributed by atoms with van der Waals surface area (Å²) < 4.78 is 39.9. The maximum Gasteiger partial charge on any atom is 0.252 e. The molecule has 12 heteroatoms. The molecule has 1 amide bonds. The first-order chi connectivity index (χ1) is 22.1. The summed E-state index contributed by atoms with van der Waals surface area (Å²) in [5, 5.41) is 12.8. The summed E-state index contributed by atoms with van der Waals surface area (Å²) >= 11 is 16.1. The molecular formula is C34H31BrCl2N2O6S. The number of hydrogen-bond acceptors (Lipinski definition) is 7. The van der Waals surface area contributed by atoms with Gasteiger partial charge in [0.1, 0.15) is 5.75 Å². The molecule has 2 N–H and O–H groups in total. The fraction of sp³-hybridized carbons (Fsp3) is 0.235. The summed E-state index contributed by atoms with van der Waals surface area (Å²) in [6.45, 7) is 0.428. The lowest BCUT2D eigenvalue weighted by Crippen LogP contribution is -2.49. The average molecular weight is 747 g/mol. The van der Waals surface area contributed by atoms with Gasteiger partial charge in [0, 0.05) is 51.6 Å². The quantitative estimate of drug-likeness (QED) is 0.143. The van der Waals surface area contributed by atoms with Crippen LogP contribution in [-0.2, 0) is 25.9 Å². The Bertz CT molecular complexity index is 1820. The van der Waals surface area contributed by atoms with E-state index in [0.29, 0.717) is 50.0 Å². The highest BCUT2D eigenvalue weighted by atomic mass is 79.9. The van der Waals surface area contributed by atoms with E-state index in [-0.39, 0.29) is 36.1 Å². The minimum atomic E-state index is -3.80. The van der Waals surface area contributed by atoms with Gasteiger partial charge < -0.3 is 19.9 Å². The van der Waals surface area contributed by atoms with Crippen LogP contribution in [0.2, 0.25) is 10.0 Å². The number of carbonyl (C=O) groups is 1. The van der Waals surface area contributed by atoms with Gasteiger partial charge in [-0.25, -0.2) is 13.4 Å². The summed E-state index contributed by atoms with van der Waals surface area (Å²) in [6.07, 6.45) is -0.664. The van der Waals surface area contributed by atoms with Gasteiger partial charge in [-0.15, -0.1) is 0 Å². The van der Waals surface area contributed by atoms with Crippen LogP contribution in [0, 0.1) is 0 Å². The van der Waals surface area contributed by atoms with E-state index in [0.717, 1.165) is 0 Å². The largest absolute Gasteiger partial charge is 0.494 e. The molecule has 0 spiro atoms. The Hall–Kier alpha value is -3.41. The molecule has 4 aromatic carbocycles. The van der Waals surface area contributed by atoms with Crippen molar-refractivity contribution in [3.8, 4) is 5.75 Å². The molecule has 4 aromatic rings. The van der Waals surface area contributed by atoms with Gasteiger partial charge in [-0.3, -0.25) is 4.79 Å². The number of sulfone groups is 1. The molecule has 0 saturated carbocycles. The van der Waals surface area contributed by atoms with Crippen molar-refractivity contribution in [2.45, 2.75) is 35.9 Å². The van der Waals surface area contributed by atoms with Crippen LogP contribution in [0.3, 0.4) is 0 Å². The molecule has 46 heavy (non-hydrogen) atoms. The number of benzene rings is 4. The Morgan fingerprint density at radius 2 is 1.72 bits per heavy atom. The fourth-order valence-electron chi connectivity index (χ4n) is 5.06. The molecule has 1 aliphatic heterocycles. The highest BCUT2D eigenvalue weighted by molar-refractivity contribution is 9.10. The minimum Gasteiger partial charge on any atom is -0.494 e. The van der Waals surface area contributed by atoms with E-state index in [1.807, 2.05) is 24.3 Å². The van der Waals surface area contributed by atoms with Crippen molar-refractivity contribution in [1.82, 2.24) is 5.32 Å². The van der Waals surface area contributed by atoms with Crippen LogP contribution in [0.5, 0.6) is 5.75 Å². The number of nitrogens with zero attached hydrogens (tertiary/aromatic N) is 1. The molecule has 240 valence electrons. The van der Waals surface area contributed by atoms with Gasteiger partial charge >= 0.3 is 0 Å². The van der Waals surface area contributed by atoms with Crippen LogP contribution in [0.15, 0.2) is 111 Å². The fourth-order valence-corrected chi connectivity index (χ4v) is 7.42. The Morgan fingerprint density at radius 1 is 1.00 bits per heavy atom. The first kappa shape index (κ1) is 33.9. The molecule has 0 fully saturated rings. The number of carbonyl (C=O) groups excluding carboxylic acids is 1. The van der Waals surface area contributed by atoms with E-state index in [4.69, 9.17) is 42.8 Å². The lowest BCUT2D eigenvalue weighted by Gasteiger charge is -2.31. The number of nitrogens with one attached hydrogen (secondary N) is 1. The molecule has 2 atom stereocenters. The molecule has 0 bridgehead atoms. The lowest BCUT2D eigenvalue weighted by atomic mass is 9.85. The van der Waals surface area contributed by atoms with Crippen molar-refractivity contribution >= 4 is 60.8 Å². The Balaban J connectivity index is 1.56. The van der Waals surface area contributed by atoms with E-state index < -0.39 is 27.4 Å². The van der Waals surface area contributed by atoms with E-state index in [1.165, 1.54) is 12.1 Å². The normalized spacial score (nSPS) is 17.7. The van der Waals surface area contributed by atoms with Gasteiger partial charge in [0.25, 0.3) is 5.91 Å². The zero-order valence-corrected chi connectivity index (χ0v) is 28.4. The number of hydrogen-bond donors (Lipinski definition) is 2. The molecule has 5 rings (SSSR count). The smallest absolute Gasteiger partial charge is 0.252 e. The molecule has 0 aromatic heterocycles. The van der Waals surface area contributed by atoms with Crippen LogP contribution in [0.25, 0.3) is 0 Å². The number of amides is 1. The summed E-state index contributed by atoms with van der Waals surface area (Å²) in [4.78, 5) is 19.5. The van der Waals surface area contributed by atoms with Gasteiger partial charge in [-0.05, 0) is 60.2 Å². The molecule has 8 nitrogen and oxygen atoms in total. The molecule has 1 aliphatic rings. The first-order valence-electron chi connectivity index (χ1n) is 14.5. The van der Waals surface area contributed by atoms with Gasteiger partial charge in [-0.2, -0.15) is 0 Å². The van der Waals surface area contributed by atoms with Gasteiger partial charge in [0.05, 0.1) is 17.3 Å². The Labute approximate surface area is 286 Å². The van der Waals surface area contributed by atoms with Crippen LogP contribution in [0.4, 0.5) is 0 Å². The van der Waals surface area contributed by atoms with Crippen molar-refractivity contribution in [2.24, 2.45) is 4.99 Å². The van der Waals surface area contributed by atoms with Crippen molar-refractivity contribution in [3.63, 3.8) is 0 Å². The molecule has 0 unspecified atom stereocenters. The lowest BCUT2D eigenvalue weighted by molar-refractivity contribution is -0.129. The van der Waals surface area contributed by atoms with Crippen LogP contribution in [-0.4, -0.2) is 49.8 Å². The predicted octanol–water partition coefficient (Wildman–Crippen LogP) is 6.95. The number of aliphatic hydroxyl groups is 1. The molecular weight excluding hydrogens is 715 g/mol. The second-order valence-corrected chi connectivity index (χ2v) is 14.4. The van der Waals surface area contributed by atoms with Crippen molar-refractivity contribution in [2.75, 3.05) is 19.0 Å². The Morgan fingerprint density at radius 3 is 2.41 bits per heavy atom. The van der Waals surface area contributed by atoms with Gasteiger partial charge in [0.2, 0.25) is 5.90 Å². The number of rotatable bonds is 13. The summed E-state index contributed by atoms with van der Waals surface area (Å²) in [5.74, 6) is -0.123. The monoisotopic (exact) mass is 744 g/mol. The van der Waals surface area contributed by atoms with Gasteiger partial charge in [0.15, 0.2) is 21.5 Å². The zero-order valence-electron chi connectivity index (χ0n) is 24.5. The first-order valence-corrected chi connectivity index (χ1v) is 17.7. The highest BCUT2D eigenvalue weighted by Crippen LogP contribution is 2.45. The second kappa shape index (κ2) is 15.0. The van der Waals surface area contributed by atoms with E-state index in [2.05, 4.69) is 21.2 Å². The van der Waals surface area contributed by atoms with Crippen LogP contribution in [0.1, 0.15) is 35.6 Å². The van der Waals surface area contributed by atoms with Crippen molar-refractivity contribution in [1.29, 1.82) is 0 Å². The third-order valence-electron chi connectivity index (χ3n) is 7.53. The third-order valence-corrected chi connectivity index (χ3v) is 10.6. The Kier molecular flexibility index (Phi) is 11.1. The number of ether oxygens (including phenoxy) is 2. The third kappa shape index (κ3) is 7.75.